The van der Waals surface area contributed by atoms with Gasteiger partial charge in [0.2, 0.25) is 0 Å². The number of aliphatic imine (C=N–C) groups is 1. The van der Waals surface area contributed by atoms with Gasteiger partial charge in [-0.3, -0.25) is 4.90 Å². The fraction of sp³-hybridized carbons (Fsp3) is 0.562. The van der Waals surface area contributed by atoms with E-state index in [1.54, 1.807) is 0 Å². The van der Waals surface area contributed by atoms with E-state index in [1.807, 2.05) is 24.3 Å². The highest BCUT2D eigenvalue weighted by Crippen LogP contribution is 2.34. The minimum absolute atomic E-state index is 0. The lowest BCUT2D eigenvalue weighted by molar-refractivity contribution is -0.143. The maximum Gasteiger partial charge on any atom is 0.401 e. The number of alkyl halides is 3. The van der Waals surface area contributed by atoms with Gasteiger partial charge in [0.15, 0.2) is 5.96 Å². The smallest absolute Gasteiger partial charge is 0.401 e. The standard InChI is InChI=1S/C16H21F3N4O.HI/c17-16(18,19)10-23-7-5-11(9-23)21-15(20)22-13-6-8-24-14-4-2-1-3-12(13)14;/h1-4,11,13H,5-10H2,(H3,20,21,22);1H. The molecule has 140 valence electrons. The van der Waals surface area contributed by atoms with Crippen molar-refractivity contribution >= 4 is 29.9 Å². The predicted molar refractivity (Wildman–Crippen MR) is 100 cm³/mol. The lowest BCUT2D eigenvalue weighted by Crippen LogP contribution is -2.43. The van der Waals surface area contributed by atoms with E-state index in [2.05, 4.69) is 10.3 Å². The van der Waals surface area contributed by atoms with Gasteiger partial charge in [0.05, 0.1) is 19.2 Å². The van der Waals surface area contributed by atoms with E-state index in [1.165, 1.54) is 4.90 Å². The van der Waals surface area contributed by atoms with Crippen molar-refractivity contribution in [3.63, 3.8) is 0 Å². The normalized spacial score (nSPS) is 24.2. The molecule has 25 heavy (non-hydrogen) atoms. The summed E-state index contributed by atoms with van der Waals surface area (Å²) in [7, 11) is 0. The summed E-state index contributed by atoms with van der Waals surface area (Å²) >= 11 is 0. The molecule has 0 radical (unpaired) electrons. The largest absolute Gasteiger partial charge is 0.493 e. The number of fused-ring (bicyclic) bond motifs is 1. The molecule has 5 nitrogen and oxygen atoms in total. The van der Waals surface area contributed by atoms with Crippen molar-refractivity contribution in [1.82, 2.24) is 10.2 Å². The highest BCUT2D eigenvalue weighted by Gasteiger charge is 2.34. The van der Waals surface area contributed by atoms with Gasteiger partial charge in [0, 0.05) is 31.1 Å². The molecular weight excluding hydrogens is 448 g/mol. The van der Waals surface area contributed by atoms with Crippen LogP contribution in [0, 0.1) is 0 Å². The molecule has 0 saturated carbocycles. The zero-order valence-electron chi connectivity index (χ0n) is 13.6. The number of hydrogen-bond donors (Lipinski definition) is 2. The van der Waals surface area contributed by atoms with Crippen molar-refractivity contribution in [2.45, 2.75) is 31.1 Å². The van der Waals surface area contributed by atoms with Crippen LogP contribution in [-0.4, -0.2) is 49.3 Å². The molecular formula is C16H22F3IN4O. The average molecular weight is 470 g/mol. The summed E-state index contributed by atoms with van der Waals surface area (Å²) in [5, 5.41) is 3.05. The zero-order chi connectivity index (χ0) is 17.2. The summed E-state index contributed by atoms with van der Waals surface area (Å²) in [6, 6.07) is 7.48. The molecule has 1 fully saturated rings. The average Bonchev–Trinajstić information content (AvgIpc) is 2.92. The van der Waals surface area contributed by atoms with Crippen molar-refractivity contribution in [2.24, 2.45) is 10.7 Å². The van der Waals surface area contributed by atoms with E-state index in [4.69, 9.17) is 10.5 Å². The first-order valence-electron chi connectivity index (χ1n) is 8.01. The number of rotatable bonds is 3. The fourth-order valence-electron chi connectivity index (χ4n) is 3.22. The molecule has 1 saturated heterocycles. The van der Waals surface area contributed by atoms with Crippen LogP contribution in [0.25, 0.3) is 0 Å². The molecule has 2 aliphatic rings. The molecule has 0 aromatic heterocycles. The predicted octanol–water partition coefficient (Wildman–Crippen LogP) is 2.67. The molecule has 1 aromatic rings. The molecule has 0 spiro atoms. The van der Waals surface area contributed by atoms with Gasteiger partial charge < -0.3 is 15.8 Å². The van der Waals surface area contributed by atoms with E-state index in [0.29, 0.717) is 26.1 Å². The molecule has 2 atom stereocenters. The first kappa shape index (κ1) is 20.1. The van der Waals surface area contributed by atoms with Gasteiger partial charge >= 0.3 is 6.18 Å². The number of para-hydroxylation sites is 1. The van der Waals surface area contributed by atoms with Gasteiger partial charge in [0.25, 0.3) is 0 Å². The Morgan fingerprint density at radius 2 is 2.08 bits per heavy atom. The van der Waals surface area contributed by atoms with Crippen molar-refractivity contribution in [3.8, 4) is 5.75 Å². The van der Waals surface area contributed by atoms with Gasteiger partial charge in [-0.05, 0) is 12.5 Å². The van der Waals surface area contributed by atoms with Crippen molar-refractivity contribution in [1.29, 1.82) is 0 Å². The summed E-state index contributed by atoms with van der Waals surface area (Å²) in [5.41, 5.74) is 6.96. The molecule has 0 bridgehead atoms. The Morgan fingerprint density at radius 3 is 2.84 bits per heavy atom. The number of ether oxygens (including phenoxy) is 1. The number of nitrogens with zero attached hydrogens (tertiary/aromatic N) is 2. The van der Waals surface area contributed by atoms with E-state index in [-0.39, 0.29) is 42.0 Å². The molecule has 9 heteroatoms. The van der Waals surface area contributed by atoms with Gasteiger partial charge in [0.1, 0.15) is 5.75 Å². The van der Waals surface area contributed by atoms with E-state index < -0.39 is 12.7 Å². The quantitative estimate of drug-likeness (QED) is 0.405. The highest BCUT2D eigenvalue weighted by atomic mass is 127. The second kappa shape index (κ2) is 8.43. The number of halogens is 4. The van der Waals surface area contributed by atoms with Crippen LogP contribution in [-0.2, 0) is 0 Å². The second-order valence-corrected chi connectivity index (χ2v) is 6.19. The lowest BCUT2D eigenvalue weighted by Gasteiger charge is -2.24. The zero-order valence-corrected chi connectivity index (χ0v) is 16.0. The maximum absolute atomic E-state index is 12.4. The Hall–Kier alpha value is -1.23. The molecule has 2 aliphatic heterocycles. The molecule has 1 aromatic carbocycles. The lowest BCUT2D eigenvalue weighted by atomic mass is 10.0. The summed E-state index contributed by atoms with van der Waals surface area (Å²) < 4.78 is 42.9. The minimum atomic E-state index is -4.17. The molecule has 2 heterocycles. The molecule has 0 amide bonds. The van der Waals surface area contributed by atoms with E-state index in [0.717, 1.165) is 17.7 Å². The highest BCUT2D eigenvalue weighted by molar-refractivity contribution is 14.0. The number of likely N-dealkylation sites (tertiary alicyclic amines) is 1. The van der Waals surface area contributed by atoms with Crippen molar-refractivity contribution in [2.75, 3.05) is 26.2 Å². The first-order chi connectivity index (χ1) is 11.4. The minimum Gasteiger partial charge on any atom is -0.493 e. The Morgan fingerprint density at radius 1 is 1.32 bits per heavy atom. The van der Waals surface area contributed by atoms with Crippen LogP contribution in [0.3, 0.4) is 0 Å². The van der Waals surface area contributed by atoms with Crippen molar-refractivity contribution < 1.29 is 17.9 Å². The summed E-state index contributed by atoms with van der Waals surface area (Å²) in [6.45, 7) is 0.418. The Labute approximate surface area is 161 Å². The second-order valence-electron chi connectivity index (χ2n) is 6.19. The Balaban J connectivity index is 0.00000225. The van der Waals surface area contributed by atoms with Crippen molar-refractivity contribution in [3.05, 3.63) is 29.8 Å². The Bertz CT molecular complexity index is 611. The van der Waals surface area contributed by atoms with E-state index >= 15 is 0 Å². The van der Waals surface area contributed by atoms with Gasteiger partial charge in [-0.25, -0.2) is 4.99 Å². The van der Waals surface area contributed by atoms with Crippen LogP contribution in [0.5, 0.6) is 5.75 Å². The molecule has 2 unspecified atom stereocenters. The first-order valence-corrected chi connectivity index (χ1v) is 8.01. The number of nitrogens with two attached hydrogens (primary N) is 1. The maximum atomic E-state index is 12.4. The monoisotopic (exact) mass is 470 g/mol. The topological polar surface area (TPSA) is 62.9 Å². The number of hydrogen-bond acceptors (Lipinski definition) is 3. The summed E-state index contributed by atoms with van der Waals surface area (Å²) in [4.78, 5) is 5.89. The molecule has 3 N–H and O–H groups in total. The summed E-state index contributed by atoms with van der Waals surface area (Å²) in [6.07, 6.45) is -2.82. The molecule has 0 aliphatic carbocycles. The number of benzene rings is 1. The van der Waals surface area contributed by atoms with Crippen LogP contribution < -0.4 is 15.8 Å². The fourth-order valence-corrected chi connectivity index (χ4v) is 3.22. The van der Waals surface area contributed by atoms with Crippen LogP contribution >= 0.6 is 24.0 Å². The Kier molecular flexibility index (Phi) is 6.78. The number of nitrogens with one attached hydrogen (secondary N) is 1. The SMILES string of the molecule is I.NC(=NC1CCOc2ccccc21)NC1CCN(CC(F)(F)F)C1. The van der Waals surface area contributed by atoms with Gasteiger partial charge in [-0.2, -0.15) is 13.2 Å². The van der Waals surface area contributed by atoms with Crippen LogP contribution in [0.2, 0.25) is 0 Å². The van der Waals surface area contributed by atoms with E-state index in [9.17, 15) is 13.2 Å². The summed E-state index contributed by atoms with van der Waals surface area (Å²) in [5.74, 6) is 1.08. The van der Waals surface area contributed by atoms with Gasteiger partial charge in [-0.1, -0.05) is 18.2 Å². The number of guanidine groups is 1. The van der Waals surface area contributed by atoms with Gasteiger partial charge in [-0.15, -0.1) is 24.0 Å². The van der Waals surface area contributed by atoms with Crippen LogP contribution in [0.4, 0.5) is 13.2 Å². The van der Waals surface area contributed by atoms with Crippen LogP contribution in [0.1, 0.15) is 24.4 Å². The van der Waals surface area contributed by atoms with Crippen LogP contribution in [0.15, 0.2) is 29.3 Å². The molecule has 3 rings (SSSR count). The third-order valence-electron chi connectivity index (χ3n) is 4.25. The third kappa shape index (κ3) is 5.63. The third-order valence-corrected chi connectivity index (χ3v) is 4.25.